The van der Waals surface area contributed by atoms with Gasteiger partial charge < -0.3 is 14.5 Å². The van der Waals surface area contributed by atoms with Gasteiger partial charge in [0.25, 0.3) is 5.91 Å². The number of carbonyl (C=O) groups excluding carboxylic acids is 1. The van der Waals surface area contributed by atoms with E-state index in [4.69, 9.17) is 4.98 Å². The smallest absolute Gasteiger partial charge is 0.251 e. The summed E-state index contributed by atoms with van der Waals surface area (Å²) in [7, 11) is 4.00. The van der Waals surface area contributed by atoms with Gasteiger partial charge in [0.1, 0.15) is 5.82 Å². The topological polar surface area (TPSA) is 51.9 Å². The van der Waals surface area contributed by atoms with Crippen LogP contribution in [0.2, 0.25) is 0 Å². The molecule has 0 spiro atoms. The number of carbonyl (C=O) groups is 1. The van der Waals surface area contributed by atoms with Crippen molar-refractivity contribution in [3.05, 3.63) is 66.1 Å². The van der Waals surface area contributed by atoms with Gasteiger partial charge in [-0.05, 0) is 54.1 Å². The van der Waals surface area contributed by atoms with E-state index in [0.29, 0.717) is 5.56 Å². The second kappa shape index (κ2) is 7.72. The molecule has 0 fully saturated rings. The van der Waals surface area contributed by atoms with Crippen LogP contribution in [0, 0.1) is 0 Å². The van der Waals surface area contributed by atoms with Gasteiger partial charge in [0.2, 0.25) is 0 Å². The molecule has 0 saturated heterocycles. The molecular formula is C22H24N4OS. The van der Waals surface area contributed by atoms with E-state index in [1.54, 1.807) is 11.8 Å². The largest absolute Gasteiger partial charge is 0.351 e. The summed E-state index contributed by atoms with van der Waals surface area (Å²) < 4.78 is 4.11. The number of nitrogens with zero attached hydrogens (tertiary/aromatic N) is 3. The van der Waals surface area contributed by atoms with Crippen molar-refractivity contribution in [1.82, 2.24) is 19.4 Å². The van der Waals surface area contributed by atoms with E-state index in [-0.39, 0.29) is 11.9 Å². The Balaban J connectivity index is 1.65. The molecule has 2 aromatic heterocycles. The Morgan fingerprint density at radius 2 is 1.96 bits per heavy atom. The van der Waals surface area contributed by atoms with Gasteiger partial charge in [-0.2, -0.15) is 11.8 Å². The van der Waals surface area contributed by atoms with Crippen LogP contribution in [0.3, 0.4) is 0 Å². The van der Waals surface area contributed by atoms with Gasteiger partial charge in [0.05, 0.1) is 17.1 Å². The number of benzene rings is 2. The second-order valence-electron chi connectivity index (χ2n) is 7.03. The average molecular weight is 393 g/mol. The first-order valence-corrected chi connectivity index (χ1v) is 10.7. The molecule has 0 radical (unpaired) electrons. The third-order valence-corrected chi connectivity index (χ3v) is 5.84. The van der Waals surface area contributed by atoms with Gasteiger partial charge in [-0.1, -0.05) is 18.2 Å². The highest BCUT2D eigenvalue weighted by Gasteiger charge is 2.21. The predicted octanol–water partition coefficient (Wildman–Crippen LogP) is 4.29. The molecule has 0 bridgehead atoms. The van der Waals surface area contributed by atoms with Crippen molar-refractivity contribution in [3.8, 4) is 0 Å². The zero-order valence-corrected chi connectivity index (χ0v) is 17.2. The molecule has 28 heavy (non-hydrogen) atoms. The highest BCUT2D eigenvalue weighted by molar-refractivity contribution is 7.98. The lowest BCUT2D eigenvalue weighted by Crippen LogP contribution is -2.30. The Bertz CT molecular complexity index is 1140. The molecule has 0 aliphatic heterocycles. The second-order valence-corrected chi connectivity index (χ2v) is 8.01. The molecule has 1 amide bonds. The number of nitrogens with one attached hydrogen (secondary N) is 1. The molecular weight excluding hydrogens is 368 g/mol. The van der Waals surface area contributed by atoms with Gasteiger partial charge in [-0.25, -0.2) is 4.98 Å². The maximum absolute atomic E-state index is 13.0. The Hall–Kier alpha value is -2.73. The molecule has 5 nitrogen and oxygen atoms in total. The lowest BCUT2D eigenvalue weighted by molar-refractivity contribution is 0.0933. The van der Waals surface area contributed by atoms with Crippen LogP contribution < -0.4 is 5.32 Å². The highest BCUT2D eigenvalue weighted by atomic mass is 32.2. The normalized spacial score (nSPS) is 12.5. The number of fused-ring (bicyclic) bond motifs is 2. The molecule has 6 heteroatoms. The minimum absolute atomic E-state index is 0.0683. The van der Waals surface area contributed by atoms with Gasteiger partial charge in [-0.15, -0.1) is 0 Å². The number of aromatic nitrogens is 3. The van der Waals surface area contributed by atoms with Crippen molar-refractivity contribution >= 4 is 39.6 Å². The molecule has 0 saturated carbocycles. The van der Waals surface area contributed by atoms with Crippen LogP contribution in [0.4, 0.5) is 0 Å². The van der Waals surface area contributed by atoms with E-state index in [1.807, 2.05) is 61.3 Å². The molecule has 4 aromatic rings. The third-order valence-electron chi connectivity index (χ3n) is 5.20. The molecule has 1 unspecified atom stereocenters. The lowest BCUT2D eigenvalue weighted by atomic mass is 10.1. The number of para-hydroxylation sites is 2. The van der Waals surface area contributed by atoms with E-state index in [0.717, 1.165) is 39.9 Å². The minimum atomic E-state index is -0.138. The fourth-order valence-corrected chi connectivity index (χ4v) is 4.09. The number of thioether (sulfide) groups is 1. The van der Waals surface area contributed by atoms with Crippen LogP contribution in [0.5, 0.6) is 0 Å². The van der Waals surface area contributed by atoms with E-state index in [1.165, 1.54) is 0 Å². The number of imidazole rings is 1. The van der Waals surface area contributed by atoms with Crippen LogP contribution in [-0.2, 0) is 14.1 Å². The fourth-order valence-electron chi connectivity index (χ4n) is 3.62. The van der Waals surface area contributed by atoms with Gasteiger partial charge in [0.15, 0.2) is 0 Å². The average Bonchev–Trinajstić information content (AvgIpc) is 3.25. The Morgan fingerprint density at radius 3 is 2.75 bits per heavy atom. The summed E-state index contributed by atoms with van der Waals surface area (Å²) >= 11 is 1.77. The third kappa shape index (κ3) is 3.40. The first-order valence-electron chi connectivity index (χ1n) is 9.34. The summed E-state index contributed by atoms with van der Waals surface area (Å²) in [5, 5.41) is 4.35. The minimum Gasteiger partial charge on any atom is -0.351 e. The number of hydrogen-bond acceptors (Lipinski definition) is 3. The summed E-state index contributed by atoms with van der Waals surface area (Å²) in [4.78, 5) is 17.8. The van der Waals surface area contributed by atoms with Crippen molar-refractivity contribution in [3.63, 3.8) is 0 Å². The first kappa shape index (κ1) is 18.6. The number of rotatable bonds is 6. The molecule has 4 rings (SSSR count). The quantitative estimate of drug-likeness (QED) is 0.533. The Morgan fingerprint density at radius 1 is 1.14 bits per heavy atom. The summed E-state index contributed by atoms with van der Waals surface area (Å²) in [5.41, 5.74) is 3.75. The summed E-state index contributed by atoms with van der Waals surface area (Å²) in [6, 6.07) is 15.8. The van der Waals surface area contributed by atoms with Crippen molar-refractivity contribution in [2.24, 2.45) is 14.1 Å². The van der Waals surface area contributed by atoms with Crippen molar-refractivity contribution in [1.29, 1.82) is 0 Å². The number of amides is 1. The zero-order valence-electron chi connectivity index (χ0n) is 16.3. The lowest BCUT2D eigenvalue weighted by Gasteiger charge is -2.18. The summed E-state index contributed by atoms with van der Waals surface area (Å²) in [6.07, 6.45) is 4.92. The molecule has 0 aliphatic rings. The molecule has 2 aromatic carbocycles. The molecule has 144 valence electrons. The van der Waals surface area contributed by atoms with Crippen LogP contribution in [0.15, 0.2) is 54.7 Å². The Kier molecular flexibility index (Phi) is 5.13. The molecule has 1 N–H and O–H groups in total. The van der Waals surface area contributed by atoms with E-state index in [9.17, 15) is 4.79 Å². The zero-order chi connectivity index (χ0) is 19.7. The SMILES string of the molecule is CSCCC(NC(=O)c1ccc2ccn(C)c2c1)c1nc2ccccc2n1C. The fraction of sp³-hybridized carbons (Fsp3) is 0.273. The van der Waals surface area contributed by atoms with E-state index >= 15 is 0 Å². The molecule has 2 heterocycles. The van der Waals surface area contributed by atoms with Crippen LogP contribution in [0.1, 0.15) is 28.6 Å². The molecule has 0 aliphatic carbocycles. The maximum atomic E-state index is 13.0. The standard InChI is InChI=1S/C22H24N4OS/c1-25-12-10-15-8-9-16(14-20(15)25)22(27)24-18(11-13-28-3)21-23-17-6-4-5-7-19(17)26(21)2/h4-10,12,14,18H,11,13H2,1-3H3,(H,24,27). The predicted molar refractivity (Wildman–Crippen MR) is 117 cm³/mol. The van der Waals surface area contributed by atoms with Crippen molar-refractivity contribution < 1.29 is 4.79 Å². The maximum Gasteiger partial charge on any atom is 0.251 e. The molecule has 1 atom stereocenters. The van der Waals surface area contributed by atoms with E-state index in [2.05, 4.69) is 28.3 Å². The summed E-state index contributed by atoms with van der Waals surface area (Å²) in [5.74, 6) is 1.77. The first-order chi connectivity index (χ1) is 13.6. The summed E-state index contributed by atoms with van der Waals surface area (Å²) in [6.45, 7) is 0. The van der Waals surface area contributed by atoms with Gasteiger partial charge in [0, 0.05) is 31.4 Å². The number of hydrogen-bond donors (Lipinski definition) is 1. The van der Waals surface area contributed by atoms with Crippen LogP contribution in [-0.4, -0.2) is 32.0 Å². The van der Waals surface area contributed by atoms with Crippen LogP contribution >= 0.6 is 11.8 Å². The van der Waals surface area contributed by atoms with Crippen molar-refractivity contribution in [2.45, 2.75) is 12.5 Å². The van der Waals surface area contributed by atoms with Crippen LogP contribution in [0.25, 0.3) is 21.9 Å². The van der Waals surface area contributed by atoms with Crippen molar-refractivity contribution in [2.75, 3.05) is 12.0 Å². The number of aryl methyl sites for hydroxylation is 2. The Labute approximate surface area is 168 Å². The highest BCUT2D eigenvalue weighted by Crippen LogP contribution is 2.24. The van der Waals surface area contributed by atoms with Gasteiger partial charge >= 0.3 is 0 Å². The van der Waals surface area contributed by atoms with Gasteiger partial charge in [-0.3, -0.25) is 4.79 Å². The monoisotopic (exact) mass is 392 g/mol. The van der Waals surface area contributed by atoms with E-state index < -0.39 is 0 Å².